The molecule has 0 saturated heterocycles. The van der Waals surface area contributed by atoms with E-state index in [4.69, 9.17) is 0 Å². The molecule has 6 nitrogen and oxygen atoms in total. The second kappa shape index (κ2) is 20.2. The average Bonchev–Trinajstić information content (AvgIpc) is 2.94. The van der Waals surface area contributed by atoms with Crippen molar-refractivity contribution in [3.8, 4) is 0 Å². The summed E-state index contributed by atoms with van der Waals surface area (Å²) in [7, 11) is 0. The molecule has 0 aromatic heterocycles. The van der Waals surface area contributed by atoms with E-state index in [9.17, 15) is 9.59 Å². The van der Waals surface area contributed by atoms with Gasteiger partial charge in [0.15, 0.2) is 0 Å². The summed E-state index contributed by atoms with van der Waals surface area (Å²) in [5.41, 5.74) is 2.68. The Bertz CT molecular complexity index is 856. The van der Waals surface area contributed by atoms with Gasteiger partial charge < -0.3 is 20.4 Å². The summed E-state index contributed by atoms with van der Waals surface area (Å²) >= 11 is 0. The molecule has 6 heteroatoms. The van der Waals surface area contributed by atoms with Gasteiger partial charge in [-0.15, -0.1) is 0 Å². The summed E-state index contributed by atoms with van der Waals surface area (Å²) in [6.07, 6.45) is 7.50. The van der Waals surface area contributed by atoms with Crippen molar-refractivity contribution in [2.24, 2.45) is 0 Å². The number of carbonyl (C=O) groups excluding carboxylic acids is 2. The fourth-order valence-electron chi connectivity index (χ4n) is 5.06. The monoisotopic (exact) mass is 552 g/mol. The lowest BCUT2D eigenvalue weighted by atomic mass is 10.1. The highest BCUT2D eigenvalue weighted by atomic mass is 16.2. The van der Waals surface area contributed by atoms with Gasteiger partial charge in [-0.1, -0.05) is 86.3 Å². The number of carbonyl (C=O) groups is 2. The lowest BCUT2D eigenvalue weighted by Gasteiger charge is -2.23. The van der Waals surface area contributed by atoms with E-state index in [2.05, 4.69) is 99.0 Å². The molecule has 0 spiro atoms. The summed E-state index contributed by atoms with van der Waals surface area (Å²) in [4.78, 5) is 27.5. The quantitative estimate of drug-likeness (QED) is 0.180. The molecule has 2 amide bonds. The predicted molar refractivity (Wildman–Crippen MR) is 165 cm³/mol. The summed E-state index contributed by atoms with van der Waals surface area (Å²) < 4.78 is 0. The topological polar surface area (TPSA) is 67.1 Å². The van der Waals surface area contributed by atoms with Gasteiger partial charge in [-0.05, 0) is 40.5 Å². The zero-order chi connectivity index (χ0) is 29.0. The van der Waals surface area contributed by atoms with E-state index in [0.717, 1.165) is 77.8 Å². The number of rotatable bonds is 21. The average molecular weight is 553 g/mol. The molecule has 0 radical (unpaired) electrons. The van der Waals surface area contributed by atoms with Crippen LogP contribution in [0.3, 0.4) is 0 Å². The zero-order valence-corrected chi connectivity index (χ0v) is 25.6. The molecule has 0 aliphatic carbocycles. The van der Waals surface area contributed by atoms with Crippen LogP contribution in [0.15, 0.2) is 60.7 Å². The SMILES string of the molecule is CC(C)[NH+](CCNC(=O)CCCCCCCCC(=O)NCC[NH+](Cc1ccccc1)C(C)C)Cc1ccccc1. The highest BCUT2D eigenvalue weighted by Gasteiger charge is 2.15. The smallest absolute Gasteiger partial charge is 0.220 e. The van der Waals surface area contributed by atoms with E-state index in [-0.39, 0.29) is 11.8 Å². The number of hydrogen-bond donors (Lipinski definition) is 4. The molecule has 40 heavy (non-hydrogen) atoms. The van der Waals surface area contributed by atoms with E-state index in [1.807, 2.05) is 0 Å². The molecule has 2 rings (SSSR count). The van der Waals surface area contributed by atoms with Crippen LogP contribution in [0.2, 0.25) is 0 Å². The molecule has 0 bridgehead atoms. The summed E-state index contributed by atoms with van der Waals surface area (Å²) in [5, 5.41) is 6.23. The van der Waals surface area contributed by atoms with Crippen molar-refractivity contribution in [2.75, 3.05) is 26.2 Å². The molecule has 2 atom stereocenters. The van der Waals surface area contributed by atoms with Crippen molar-refractivity contribution in [3.05, 3.63) is 71.8 Å². The van der Waals surface area contributed by atoms with Crippen molar-refractivity contribution in [1.29, 1.82) is 0 Å². The first-order chi connectivity index (χ1) is 19.3. The zero-order valence-electron chi connectivity index (χ0n) is 25.6. The van der Waals surface area contributed by atoms with Gasteiger partial charge in [-0.2, -0.15) is 0 Å². The van der Waals surface area contributed by atoms with Crippen LogP contribution >= 0.6 is 0 Å². The van der Waals surface area contributed by atoms with Crippen LogP contribution in [0.1, 0.15) is 90.2 Å². The van der Waals surface area contributed by atoms with Crippen LogP contribution in [0.4, 0.5) is 0 Å². The first-order valence-electron chi connectivity index (χ1n) is 15.7. The lowest BCUT2D eigenvalue weighted by molar-refractivity contribution is -0.933. The highest BCUT2D eigenvalue weighted by molar-refractivity contribution is 5.76. The number of quaternary nitrogens is 2. The van der Waals surface area contributed by atoms with Gasteiger partial charge in [0, 0.05) is 24.0 Å². The van der Waals surface area contributed by atoms with Crippen LogP contribution in [-0.4, -0.2) is 50.1 Å². The van der Waals surface area contributed by atoms with Gasteiger partial charge in [0.05, 0.1) is 38.3 Å². The second-order valence-electron chi connectivity index (χ2n) is 11.8. The first kappa shape index (κ1) is 33.5. The van der Waals surface area contributed by atoms with Crippen molar-refractivity contribution in [2.45, 2.75) is 104 Å². The Morgan fingerprint density at radius 3 is 1.27 bits per heavy atom. The molecule has 222 valence electrons. The predicted octanol–water partition coefficient (Wildman–Crippen LogP) is 3.33. The normalized spacial score (nSPS) is 12.8. The van der Waals surface area contributed by atoms with Crippen molar-refractivity contribution in [3.63, 3.8) is 0 Å². The van der Waals surface area contributed by atoms with Crippen molar-refractivity contribution >= 4 is 11.8 Å². The van der Waals surface area contributed by atoms with Crippen LogP contribution in [0.25, 0.3) is 0 Å². The van der Waals surface area contributed by atoms with Crippen molar-refractivity contribution < 1.29 is 19.4 Å². The number of unbranched alkanes of at least 4 members (excludes halogenated alkanes) is 5. The molecule has 0 aliphatic rings. The summed E-state index contributed by atoms with van der Waals surface area (Å²) in [5.74, 6) is 0.335. The van der Waals surface area contributed by atoms with Crippen LogP contribution in [0, 0.1) is 0 Å². The van der Waals surface area contributed by atoms with Crippen LogP contribution < -0.4 is 20.4 Å². The maximum atomic E-state index is 12.3. The minimum Gasteiger partial charge on any atom is -0.350 e. The van der Waals surface area contributed by atoms with Gasteiger partial charge >= 0.3 is 0 Å². The lowest BCUT2D eigenvalue weighted by Crippen LogP contribution is -3.14. The fraction of sp³-hybridized carbons (Fsp3) is 0.588. The van der Waals surface area contributed by atoms with Gasteiger partial charge in [-0.25, -0.2) is 0 Å². The molecule has 0 fully saturated rings. The Morgan fingerprint density at radius 2 is 0.925 bits per heavy atom. The Labute approximate surface area is 243 Å². The maximum absolute atomic E-state index is 12.3. The van der Waals surface area contributed by atoms with Crippen molar-refractivity contribution in [1.82, 2.24) is 10.6 Å². The summed E-state index contributed by atoms with van der Waals surface area (Å²) in [6.45, 7) is 14.3. The molecule has 2 aromatic carbocycles. The number of benzene rings is 2. The third kappa shape index (κ3) is 15.2. The molecule has 2 unspecified atom stereocenters. The Kier molecular flexibility index (Phi) is 16.9. The number of hydrogen-bond acceptors (Lipinski definition) is 2. The van der Waals surface area contributed by atoms with Gasteiger partial charge in [0.2, 0.25) is 11.8 Å². The van der Waals surface area contributed by atoms with E-state index in [1.54, 1.807) is 0 Å². The maximum Gasteiger partial charge on any atom is 0.220 e. The third-order valence-corrected chi connectivity index (χ3v) is 7.78. The van der Waals surface area contributed by atoms with E-state index < -0.39 is 0 Å². The minimum absolute atomic E-state index is 0.168. The first-order valence-corrected chi connectivity index (χ1v) is 15.7. The van der Waals surface area contributed by atoms with E-state index >= 15 is 0 Å². The Balaban J connectivity index is 1.45. The molecular formula is C34H56N4O2+2. The molecule has 0 aliphatic heterocycles. The van der Waals surface area contributed by atoms with E-state index in [1.165, 1.54) is 20.9 Å². The molecule has 4 N–H and O–H groups in total. The fourth-order valence-corrected chi connectivity index (χ4v) is 5.06. The second-order valence-corrected chi connectivity index (χ2v) is 11.8. The largest absolute Gasteiger partial charge is 0.350 e. The number of amides is 2. The Morgan fingerprint density at radius 1 is 0.575 bits per heavy atom. The van der Waals surface area contributed by atoms with Gasteiger partial charge in [-0.3, -0.25) is 9.59 Å². The standard InChI is InChI=1S/C34H54N4O2/c1-29(2)37(27-31-17-11-9-12-18-31)25-23-35-33(39)21-15-7-5-6-8-16-22-34(40)36-24-26-38(30(3)4)28-32-19-13-10-14-20-32/h9-14,17-20,29-30H,5-8,15-16,21-28H2,1-4H3,(H,35,39)(H,36,40)/p+2. The van der Waals surface area contributed by atoms with Gasteiger partial charge in [0.1, 0.15) is 13.1 Å². The highest BCUT2D eigenvalue weighted by Crippen LogP contribution is 2.08. The third-order valence-electron chi connectivity index (χ3n) is 7.78. The number of nitrogens with one attached hydrogen (secondary N) is 4. The Hall–Kier alpha value is -2.70. The van der Waals surface area contributed by atoms with Gasteiger partial charge in [0.25, 0.3) is 0 Å². The van der Waals surface area contributed by atoms with Crippen LogP contribution in [0.5, 0.6) is 0 Å². The summed E-state index contributed by atoms with van der Waals surface area (Å²) in [6, 6.07) is 22.2. The molecule has 2 aromatic rings. The molecule has 0 saturated carbocycles. The minimum atomic E-state index is 0.168. The van der Waals surface area contributed by atoms with Crippen LogP contribution in [-0.2, 0) is 22.7 Å². The van der Waals surface area contributed by atoms with E-state index in [0.29, 0.717) is 24.9 Å². The molecule has 0 heterocycles. The molecular weight excluding hydrogens is 496 g/mol.